The van der Waals surface area contributed by atoms with Crippen molar-refractivity contribution in [1.82, 2.24) is 0 Å². The molecule has 0 aliphatic carbocycles. The molecule has 124 valence electrons. The molecular formula is C16H17F3N2O2. The molecule has 0 unspecified atom stereocenters. The topological polar surface area (TPSA) is 45.5 Å². The summed E-state index contributed by atoms with van der Waals surface area (Å²) >= 11 is 0. The number of piperidine rings is 1. The summed E-state index contributed by atoms with van der Waals surface area (Å²) in [6.45, 7) is 2.14. The molecule has 2 aliphatic rings. The van der Waals surface area contributed by atoms with Gasteiger partial charge in [0.1, 0.15) is 0 Å². The summed E-state index contributed by atoms with van der Waals surface area (Å²) in [7, 11) is 0. The summed E-state index contributed by atoms with van der Waals surface area (Å²) in [6, 6.07) is 5.43. The van der Waals surface area contributed by atoms with Crippen LogP contribution in [0.2, 0.25) is 0 Å². The number of benzene rings is 1. The van der Waals surface area contributed by atoms with Crippen LogP contribution >= 0.6 is 0 Å². The third kappa shape index (κ3) is 3.43. The van der Waals surface area contributed by atoms with E-state index in [1.165, 1.54) is 12.1 Å². The molecule has 0 saturated carbocycles. The molecule has 1 aromatic rings. The fraction of sp³-hybridized carbons (Fsp3) is 0.562. The maximum atomic E-state index is 13.2. The van der Waals surface area contributed by atoms with E-state index >= 15 is 0 Å². The summed E-state index contributed by atoms with van der Waals surface area (Å²) in [5.74, 6) is 0.210. The molecule has 4 nitrogen and oxygen atoms in total. The molecule has 0 spiro atoms. The predicted molar refractivity (Wildman–Crippen MR) is 76.8 cm³/mol. The fourth-order valence-corrected chi connectivity index (χ4v) is 3.16. The molecule has 2 fully saturated rings. The average Bonchev–Trinajstić information content (AvgIpc) is 3.08. The largest absolute Gasteiger partial charge is 0.418 e. The van der Waals surface area contributed by atoms with Gasteiger partial charge in [-0.2, -0.15) is 18.4 Å². The zero-order valence-corrected chi connectivity index (χ0v) is 12.5. The molecular weight excluding hydrogens is 309 g/mol. The predicted octanol–water partition coefficient (Wildman–Crippen LogP) is 3.17. The SMILES string of the molecule is N#Cc1ccc(C(F)(F)F)c(N2CCC(C3OCCO3)CC2)c1. The number of nitrogens with zero attached hydrogens (tertiary/aromatic N) is 2. The summed E-state index contributed by atoms with van der Waals surface area (Å²) in [4.78, 5) is 1.70. The summed E-state index contributed by atoms with van der Waals surface area (Å²) in [5, 5.41) is 8.96. The van der Waals surface area contributed by atoms with Crippen LogP contribution < -0.4 is 4.90 Å². The molecule has 0 bridgehead atoms. The second-order valence-corrected chi connectivity index (χ2v) is 5.78. The van der Waals surface area contributed by atoms with Crippen molar-refractivity contribution < 1.29 is 22.6 Å². The van der Waals surface area contributed by atoms with Gasteiger partial charge >= 0.3 is 6.18 Å². The number of halogens is 3. The Morgan fingerprint density at radius 1 is 1.13 bits per heavy atom. The molecule has 7 heteroatoms. The van der Waals surface area contributed by atoms with Crippen LogP contribution in [0.5, 0.6) is 0 Å². The van der Waals surface area contributed by atoms with Gasteiger partial charge in [0, 0.05) is 19.0 Å². The number of hydrogen-bond donors (Lipinski definition) is 0. The lowest BCUT2D eigenvalue weighted by atomic mass is 9.95. The minimum Gasteiger partial charge on any atom is -0.371 e. The van der Waals surface area contributed by atoms with Gasteiger partial charge in [0.05, 0.1) is 36.1 Å². The first-order chi connectivity index (χ1) is 11.0. The second-order valence-electron chi connectivity index (χ2n) is 5.78. The van der Waals surface area contributed by atoms with Crippen LogP contribution in [0.1, 0.15) is 24.0 Å². The van der Waals surface area contributed by atoms with Gasteiger partial charge in [0.15, 0.2) is 6.29 Å². The molecule has 0 N–H and O–H groups in total. The van der Waals surface area contributed by atoms with Gasteiger partial charge in [0.2, 0.25) is 0 Å². The molecule has 1 aromatic carbocycles. The van der Waals surface area contributed by atoms with E-state index in [0.717, 1.165) is 6.07 Å². The Bertz CT molecular complexity index is 598. The lowest BCUT2D eigenvalue weighted by molar-refractivity contribution is -0.137. The van der Waals surface area contributed by atoms with Crippen molar-refractivity contribution in [2.45, 2.75) is 25.3 Å². The molecule has 0 aromatic heterocycles. The van der Waals surface area contributed by atoms with Gasteiger partial charge in [-0.15, -0.1) is 0 Å². The second kappa shape index (κ2) is 6.38. The lowest BCUT2D eigenvalue weighted by Crippen LogP contribution is -2.39. The van der Waals surface area contributed by atoms with E-state index in [4.69, 9.17) is 14.7 Å². The molecule has 0 radical (unpaired) electrons. The summed E-state index contributed by atoms with van der Waals surface area (Å²) in [5.41, 5.74) is -0.371. The molecule has 0 amide bonds. The fourth-order valence-electron chi connectivity index (χ4n) is 3.16. The zero-order valence-electron chi connectivity index (χ0n) is 12.5. The first-order valence-electron chi connectivity index (χ1n) is 7.58. The van der Waals surface area contributed by atoms with Gasteiger partial charge in [-0.3, -0.25) is 0 Å². The van der Waals surface area contributed by atoms with Crippen LogP contribution in [0.4, 0.5) is 18.9 Å². The van der Waals surface area contributed by atoms with Crippen molar-refractivity contribution in [3.63, 3.8) is 0 Å². The van der Waals surface area contributed by atoms with E-state index < -0.39 is 11.7 Å². The van der Waals surface area contributed by atoms with E-state index in [0.29, 0.717) is 39.1 Å². The van der Waals surface area contributed by atoms with Crippen LogP contribution in [0, 0.1) is 17.2 Å². The maximum Gasteiger partial charge on any atom is 0.418 e. The number of hydrogen-bond acceptors (Lipinski definition) is 4. The first-order valence-corrected chi connectivity index (χ1v) is 7.58. The van der Waals surface area contributed by atoms with Crippen molar-refractivity contribution in [3.8, 4) is 6.07 Å². The van der Waals surface area contributed by atoms with Crippen molar-refractivity contribution in [3.05, 3.63) is 29.3 Å². The highest BCUT2D eigenvalue weighted by molar-refractivity contribution is 5.59. The van der Waals surface area contributed by atoms with Gasteiger partial charge < -0.3 is 14.4 Å². The minimum absolute atomic E-state index is 0.0864. The van der Waals surface area contributed by atoms with Crippen molar-refractivity contribution >= 4 is 5.69 Å². The summed E-state index contributed by atoms with van der Waals surface area (Å²) in [6.07, 6.45) is -3.25. The van der Waals surface area contributed by atoms with Gasteiger partial charge in [-0.05, 0) is 31.0 Å². The normalized spacial score (nSPS) is 20.7. The maximum absolute atomic E-state index is 13.2. The van der Waals surface area contributed by atoms with Crippen LogP contribution in [0.25, 0.3) is 0 Å². The van der Waals surface area contributed by atoms with Gasteiger partial charge in [-0.1, -0.05) is 0 Å². The van der Waals surface area contributed by atoms with Crippen LogP contribution in [-0.4, -0.2) is 32.6 Å². The van der Waals surface area contributed by atoms with Crippen molar-refractivity contribution in [2.24, 2.45) is 5.92 Å². The van der Waals surface area contributed by atoms with E-state index in [1.807, 2.05) is 6.07 Å². The Hall–Kier alpha value is -1.78. The third-order valence-corrected chi connectivity index (χ3v) is 4.35. The molecule has 2 saturated heterocycles. The quantitative estimate of drug-likeness (QED) is 0.837. The highest BCUT2D eigenvalue weighted by Crippen LogP contribution is 2.39. The Balaban J connectivity index is 1.78. The third-order valence-electron chi connectivity index (χ3n) is 4.35. The van der Waals surface area contributed by atoms with Crippen LogP contribution in [0.15, 0.2) is 18.2 Å². The highest BCUT2D eigenvalue weighted by Gasteiger charge is 2.37. The van der Waals surface area contributed by atoms with Crippen molar-refractivity contribution in [1.29, 1.82) is 5.26 Å². The first kappa shape index (κ1) is 16.1. The average molecular weight is 326 g/mol. The Morgan fingerprint density at radius 3 is 2.35 bits per heavy atom. The number of anilines is 1. The Kier molecular flexibility index (Phi) is 4.46. The van der Waals surface area contributed by atoms with Gasteiger partial charge in [-0.25, -0.2) is 0 Å². The standard InChI is InChI=1S/C16H17F3N2O2/c17-16(18,19)13-2-1-11(10-20)9-14(13)21-5-3-12(4-6-21)15-22-7-8-23-15/h1-2,9,12,15H,3-8H2. The number of ether oxygens (including phenoxy) is 2. The lowest BCUT2D eigenvalue weighted by Gasteiger charge is -2.36. The van der Waals surface area contributed by atoms with Gasteiger partial charge in [0.25, 0.3) is 0 Å². The van der Waals surface area contributed by atoms with Crippen LogP contribution in [0.3, 0.4) is 0 Å². The Morgan fingerprint density at radius 2 is 1.78 bits per heavy atom. The number of alkyl halides is 3. The van der Waals surface area contributed by atoms with Crippen molar-refractivity contribution in [2.75, 3.05) is 31.2 Å². The summed E-state index contributed by atoms with van der Waals surface area (Å²) < 4.78 is 50.6. The molecule has 2 heterocycles. The van der Waals surface area contributed by atoms with E-state index in [9.17, 15) is 13.2 Å². The molecule has 23 heavy (non-hydrogen) atoms. The van der Waals surface area contributed by atoms with E-state index in [2.05, 4.69) is 0 Å². The monoisotopic (exact) mass is 326 g/mol. The smallest absolute Gasteiger partial charge is 0.371 e. The molecule has 2 aliphatic heterocycles. The highest BCUT2D eigenvalue weighted by atomic mass is 19.4. The van der Waals surface area contributed by atoms with E-state index in [-0.39, 0.29) is 23.5 Å². The Labute approximate surface area is 132 Å². The number of rotatable bonds is 2. The number of nitriles is 1. The molecule has 0 atom stereocenters. The van der Waals surface area contributed by atoms with E-state index in [1.54, 1.807) is 4.90 Å². The minimum atomic E-state index is -4.43. The van der Waals surface area contributed by atoms with Crippen LogP contribution in [-0.2, 0) is 15.7 Å². The molecule has 3 rings (SSSR count). The zero-order chi connectivity index (χ0) is 16.4.